The van der Waals surface area contributed by atoms with Gasteiger partial charge in [0.05, 0.1) is 25.3 Å². The van der Waals surface area contributed by atoms with E-state index in [2.05, 4.69) is 0 Å². The normalized spacial score (nSPS) is 12.3. The Labute approximate surface area is 132 Å². The van der Waals surface area contributed by atoms with E-state index in [-0.39, 0.29) is 12.4 Å². The maximum Gasteiger partial charge on any atom is 0.343 e. The van der Waals surface area contributed by atoms with E-state index in [1.54, 1.807) is 24.3 Å². The first kappa shape index (κ1) is 14.9. The number of ether oxygens (including phenoxy) is 4. The number of carbonyl (C=O) groups is 2. The smallest absolute Gasteiger partial charge is 0.343 e. The van der Waals surface area contributed by atoms with Crippen molar-refractivity contribution >= 4 is 11.8 Å². The topological polar surface area (TPSA) is 71.1 Å². The van der Waals surface area contributed by atoms with Gasteiger partial charge in [-0.1, -0.05) is 0 Å². The summed E-state index contributed by atoms with van der Waals surface area (Å²) in [7, 11) is 3.00. The molecule has 0 N–H and O–H groups in total. The van der Waals surface area contributed by atoms with Crippen molar-refractivity contribution in [3.8, 4) is 23.0 Å². The summed E-state index contributed by atoms with van der Waals surface area (Å²) in [5, 5.41) is 0. The highest BCUT2D eigenvalue weighted by molar-refractivity contribution is 6.02. The van der Waals surface area contributed by atoms with Gasteiger partial charge in [0.25, 0.3) is 0 Å². The monoisotopic (exact) mass is 314 g/mol. The molecule has 0 amide bonds. The average Bonchev–Trinajstić information content (AvgIpc) is 2.94. The maximum atomic E-state index is 12.2. The molecule has 0 atom stereocenters. The quantitative estimate of drug-likeness (QED) is 0.638. The number of hydrogen-bond donors (Lipinski definition) is 0. The number of Topliss-reactive ketones (excluding diaryl/α,β-unsaturated/α-hetero) is 1. The molecule has 118 valence electrons. The van der Waals surface area contributed by atoms with Gasteiger partial charge in [0.15, 0.2) is 18.1 Å². The summed E-state index contributed by atoms with van der Waals surface area (Å²) in [6, 6.07) is 9.41. The van der Waals surface area contributed by atoms with E-state index in [1.807, 2.05) is 0 Å². The standard InChI is InChI=1S/C17H14O6/c1-20-14-6-3-10(7-16(14)21-2)17(19)23-11-4-5-12-13(18)9-22-15(12)8-11/h3-8H,9H2,1-2H3. The average molecular weight is 314 g/mol. The second kappa shape index (κ2) is 6.00. The number of methoxy groups -OCH3 is 2. The molecule has 0 unspecified atom stereocenters. The molecule has 6 heteroatoms. The van der Waals surface area contributed by atoms with Crippen LogP contribution in [0.25, 0.3) is 0 Å². The van der Waals surface area contributed by atoms with Crippen LogP contribution >= 0.6 is 0 Å². The Hall–Kier alpha value is -3.02. The fourth-order valence-electron chi connectivity index (χ4n) is 2.27. The Morgan fingerprint density at radius 1 is 1.04 bits per heavy atom. The van der Waals surface area contributed by atoms with Crippen molar-refractivity contribution in [3.63, 3.8) is 0 Å². The van der Waals surface area contributed by atoms with E-state index in [0.29, 0.717) is 34.1 Å². The highest BCUT2D eigenvalue weighted by atomic mass is 16.5. The van der Waals surface area contributed by atoms with Crippen LogP contribution in [0.2, 0.25) is 0 Å². The molecule has 6 nitrogen and oxygen atoms in total. The fraction of sp³-hybridized carbons (Fsp3) is 0.176. The fourth-order valence-corrected chi connectivity index (χ4v) is 2.27. The van der Waals surface area contributed by atoms with Crippen molar-refractivity contribution in [2.24, 2.45) is 0 Å². The number of benzene rings is 2. The summed E-state index contributed by atoms with van der Waals surface area (Å²) in [4.78, 5) is 23.7. The predicted molar refractivity (Wildman–Crippen MR) is 80.8 cm³/mol. The zero-order valence-corrected chi connectivity index (χ0v) is 12.6. The van der Waals surface area contributed by atoms with E-state index in [9.17, 15) is 9.59 Å². The summed E-state index contributed by atoms with van der Waals surface area (Å²) in [5.41, 5.74) is 0.816. The van der Waals surface area contributed by atoms with Gasteiger partial charge in [-0.05, 0) is 30.3 Å². The Bertz CT molecular complexity index is 781. The lowest BCUT2D eigenvalue weighted by Crippen LogP contribution is -2.09. The number of fused-ring (bicyclic) bond motifs is 1. The molecule has 3 rings (SSSR count). The van der Waals surface area contributed by atoms with Crippen molar-refractivity contribution in [1.82, 2.24) is 0 Å². The van der Waals surface area contributed by atoms with E-state index < -0.39 is 5.97 Å². The van der Waals surface area contributed by atoms with Crippen molar-refractivity contribution in [2.75, 3.05) is 20.8 Å². The van der Waals surface area contributed by atoms with E-state index in [0.717, 1.165) is 0 Å². The molecular formula is C17H14O6. The molecule has 2 aromatic rings. The molecule has 0 radical (unpaired) electrons. The molecule has 0 saturated heterocycles. The van der Waals surface area contributed by atoms with Crippen LogP contribution in [0.1, 0.15) is 20.7 Å². The minimum Gasteiger partial charge on any atom is -0.493 e. The predicted octanol–water partition coefficient (Wildman–Crippen LogP) is 2.50. The van der Waals surface area contributed by atoms with E-state index in [1.165, 1.54) is 26.4 Å². The number of carbonyl (C=O) groups excluding carboxylic acids is 2. The minimum atomic E-state index is -0.546. The molecule has 0 saturated carbocycles. The van der Waals surface area contributed by atoms with Crippen molar-refractivity contribution in [1.29, 1.82) is 0 Å². The second-order valence-corrected chi connectivity index (χ2v) is 4.83. The summed E-state index contributed by atoms with van der Waals surface area (Å²) >= 11 is 0. The third kappa shape index (κ3) is 2.83. The molecule has 23 heavy (non-hydrogen) atoms. The molecule has 0 fully saturated rings. The van der Waals surface area contributed by atoms with Gasteiger partial charge >= 0.3 is 5.97 Å². The van der Waals surface area contributed by atoms with Crippen LogP contribution in [-0.2, 0) is 0 Å². The lowest BCUT2D eigenvalue weighted by atomic mass is 10.1. The largest absolute Gasteiger partial charge is 0.493 e. The van der Waals surface area contributed by atoms with Gasteiger partial charge in [0, 0.05) is 6.07 Å². The van der Waals surface area contributed by atoms with Crippen LogP contribution in [0.5, 0.6) is 23.0 Å². The number of esters is 1. The second-order valence-electron chi connectivity index (χ2n) is 4.83. The SMILES string of the molecule is COc1ccc(C(=O)Oc2ccc3c(c2)OCC3=O)cc1OC. The van der Waals surface area contributed by atoms with Crippen molar-refractivity contribution < 1.29 is 28.5 Å². The number of hydrogen-bond acceptors (Lipinski definition) is 6. The highest BCUT2D eigenvalue weighted by Crippen LogP contribution is 2.31. The van der Waals surface area contributed by atoms with Gasteiger partial charge in [-0.15, -0.1) is 0 Å². The summed E-state index contributed by atoms with van der Waals surface area (Å²) in [6.07, 6.45) is 0. The van der Waals surface area contributed by atoms with E-state index >= 15 is 0 Å². The summed E-state index contributed by atoms with van der Waals surface area (Å²) in [6.45, 7) is 0.0163. The van der Waals surface area contributed by atoms with Gasteiger partial charge in [0.1, 0.15) is 11.5 Å². The number of rotatable bonds is 4. The van der Waals surface area contributed by atoms with E-state index in [4.69, 9.17) is 18.9 Å². The molecule has 1 aliphatic rings. The molecule has 0 bridgehead atoms. The van der Waals surface area contributed by atoms with Gasteiger partial charge < -0.3 is 18.9 Å². The Balaban J connectivity index is 1.81. The zero-order chi connectivity index (χ0) is 16.4. The molecule has 1 heterocycles. The van der Waals surface area contributed by atoms with Crippen LogP contribution in [0.3, 0.4) is 0 Å². The molecular weight excluding hydrogens is 300 g/mol. The zero-order valence-electron chi connectivity index (χ0n) is 12.6. The summed E-state index contributed by atoms with van der Waals surface area (Å²) < 4.78 is 20.8. The summed E-state index contributed by atoms with van der Waals surface area (Å²) in [5.74, 6) is 1.05. The number of ketones is 1. The molecule has 0 aliphatic carbocycles. The van der Waals surface area contributed by atoms with Crippen molar-refractivity contribution in [3.05, 3.63) is 47.5 Å². The van der Waals surface area contributed by atoms with Crippen LogP contribution in [-0.4, -0.2) is 32.6 Å². The minimum absolute atomic E-state index is 0.0163. The van der Waals surface area contributed by atoms with Gasteiger partial charge in [-0.3, -0.25) is 4.79 Å². The maximum absolute atomic E-state index is 12.2. The first-order valence-electron chi connectivity index (χ1n) is 6.86. The van der Waals surface area contributed by atoms with Gasteiger partial charge in [0.2, 0.25) is 5.78 Å². The van der Waals surface area contributed by atoms with Crippen molar-refractivity contribution in [2.45, 2.75) is 0 Å². The van der Waals surface area contributed by atoms with Gasteiger partial charge in [-0.25, -0.2) is 4.79 Å². The third-order valence-corrected chi connectivity index (χ3v) is 3.44. The van der Waals surface area contributed by atoms with Crippen LogP contribution in [0.15, 0.2) is 36.4 Å². The third-order valence-electron chi connectivity index (χ3n) is 3.44. The van der Waals surface area contributed by atoms with Crippen LogP contribution < -0.4 is 18.9 Å². The van der Waals surface area contributed by atoms with Gasteiger partial charge in [-0.2, -0.15) is 0 Å². The molecule has 1 aliphatic heterocycles. The van der Waals surface area contributed by atoms with Crippen LogP contribution in [0, 0.1) is 0 Å². The lowest BCUT2D eigenvalue weighted by molar-refractivity contribution is 0.0733. The Morgan fingerprint density at radius 2 is 1.83 bits per heavy atom. The first-order chi connectivity index (χ1) is 11.1. The molecule has 0 spiro atoms. The van der Waals surface area contributed by atoms with Crippen LogP contribution in [0.4, 0.5) is 0 Å². The molecule has 2 aromatic carbocycles. The lowest BCUT2D eigenvalue weighted by Gasteiger charge is -2.10. The Morgan fingerprint density at radius 3 is 2.57 bits per heavy atom. The first-order valence-corrected chi connectivity index (χ1v) is 6.86. The Kier molecular flexibility index (Phi) is 3.89. The molecule has 0 aromatic heterocycles. The highest BCUT2D eigenvalue weighted by Gasteiger charge is 2.22.